The van der Waals surface area contributed by atoms with Crippen molar-refractivity contribution in [1.82, 2.24) is 5.32 Å². The molecule has 28 heavy (non-hydrogen) atoms. The molecule has 1 aliphatic heterocycles. The quantitative estimate of drug-likeness (QED) is 0.677. The highest BCUT2D eigenvalue weighted by atomic mass is 16.5. The van der Waals surface area contributed by atoms with Gasteiger partial charge in [0.2, 0.25) is 0 Å². The van der Waals surface area contributed by atoms with Gasteiger partial charge in [-0.25, -0.2) is 9.59 Å². The molecule has 3 rings (SSSR count). The summed E-state index contributed by atoms with van der Waals surface area (Å²) in [6, 6.07) is 0. The molecule has 0 spiro atoms. The lowest BCUT2D eigenvalue weighted by molar-refractivity contribution is -0.147. The molecule has 5 nitrogen and oxygen atoms in total. The van der Waals surface area contributed by atoms with Gasteiger partial charge in [-0.15, -0.1) is 0 Å². The Hall–Kier alpha value is -1.78. The van der Waals surface area contributed by atoms with Crippen molar-refractivity contribution in [3.8, 4) is 0 Å². The number of carbonyl (C=O) groups is 2. The molecule has 0 unspecified atom stereocenters. The summed E-state index contributed by atoms with van der Waals surface area (Å²) in [6.07, 6.45) is 11.3. The molecule has 2 saturated carbocycles. The minimum absolute atomic E-state index is 0.00343. The normalized spacial score (nSPS) is 22.8. The van der Waals surface area contributed by atoms with E-state index in [0.29, 0.717) is 17.6 Å². The highest BCUT2D eigenvalue weighted by Crippen LogP contribution is 2.35. The predicted octanol–water partition coefficient (Wildman–Crippen LogP) is 4.92. The topological polar surface area (TPSA) is 64.6 Å². The molecule has 3 aliphatic rings. The molecule has 2 fully saturated rings. The van der Waals surface area contributed by atoms with Crippen molar-refractivity contribution in [2.24, 2.45) is 5.92 Å². The Bertz CT molecular complexity index is 598. The molecule has 0 aromatic rings. The molecule has 0 aromatic heterocycles. The van der Waals surface area contributed by atoms with Crippen LogP contribution >= 0.6 is 0 Å². The minimum atomic E-state index is -0.279. The molecule has 0 radical (unpaired) electrons. The Morgan fingerprint density at radius 2 is 1.18 bits per heavy atom. The van der Waals surface area contributed by atoms with Gasteiger partial charge in [0.25, 0.3) is 0 Å². The van der Waals surface area contributed by atoms with Gasteiger partial charge in [-0.3, -0.25) is 0 Å². The van der Waals surface area contributed by atoms with Gasteiger partial charge >= 0.3 is 11.9 Å². The Kier molecular flexibility index (Phi) is 7.19. The number of rotatable bonds is 5. The smallest absolute Gasteiger partial charge is 0.336 e. The Morgan fingerprint density at radius 1 is 0.786 bits per heavy atom. The van der Waals surface area contributed by atoms with Crippen molar-refractivity contribution >= 4 is 11.9 Å². The van der Waals surface area contributed by atoms with E-state index in [0.717, 1.165) is 62.8 Å². The summed E-state index contributed by atoms with van der Waals surface area (Å²) < 4.78 is 11.7. The van der Waals surface area contributed by atoms with Crippen LogP contribution in [-0.2, 0) is 19.1 Å². The fourth-order valence-corrected chi connectivity index (χ4v) is 4.88. The molecule has 5 heteroatoms. The summed E-state index contributed by atoms with van der Waals surface area (Å²) in [6.45, 7) is 5.80. The molecule has 0 amide bonds. The van der Waals surface area contributed by atoms with Crippen LogP contribution in [0.5, 0.6) is 0 Å². The summed E-state index contributed by atoms with van der Waals surface area (Å²) in [5, 5.41) is 3.24. The number of hydrogen-bond donors (Lipinski definition) is 1. The van der Waals surface area contributed by atoms with Crippen LogP contribution in [0.2, 0.25) is 0 Å². The van der Waals surface area contributed by atoms with Crippen LogP contribution in [0.4, 0.5) is 0 Å². The fraction of sp³-hybridized carbons (Fsp3) is 0.739. The Balaban J connectivity index is 1.74. The lowest BCUT2D eigenvalue weighted by atomic mass is 9.83. The SMILES string of the molecule is CCC1C(C(=O)OC2CCCCC2)=C(C)NC(C)=C1C(=O)OC1CCCCC1. The maximum absolute atomic E-state index is 13.0. The third-order valence-corrected chi connectivity index (χ3v) is 6.38. The maximum atomic E-state index is 13.0. The highest BCUT2D eigenvalue weighted by molar-refractivity contribution is 5.97. The third kappa shape index (κ3) is 4.79. The summed E-state index contributed by atoms with van der Waals surface area (Å²) in [4.78, 5) is 26.0. The van der Waals surface area contributed by atoms with Crippen LogP contribution in [0.1, 0.15) is 91.4 Å². The number of carbonyl (C=O) groups excluding carboxylic acids is 2. The van der Waals surface area contributed by atoms with E-state index < -0.39 is 0 Å². The average molecular weight is 390 g/mol. The van der Waals surface area contributed by atoms with E-state index in [4.69, 9.17) is 9.47 Å². The molecule has 0 aromatic carbocycles. The van der Waals surface area contributed by atoms with Crippen LogP contribution in [-0.4, -0.2) is 24.1 Å². The van der Waals surface area contributed by atoms with Gasteiger partial charge in [-0.2, -0.15) is 0 Å². The minimum Gasteiger partial charge on any atom is -0.459 e. The van der Waals surface area contributed by atoms with Crippen LogP contribution in [0, 0.1) is 5.92 Å². The largest absolute Gasteiger partial charge is 0.459 e. The summed E-state index contributed by atoms with van der Waals surface area (Å²) >= 11 is 0. The van der Waals surface area contributed by atoms with E-state index in [9.17, 15) is 9.59 Å². The first-order valence-corrected chi connectivity index (χ1v) is 11.1. The Labute approximate surface area is 168 Å². The second kappa shape index (κ2) is 9.62. The van der Waals surface area contributed by atoms with Crippen molar-refractivity contribution in [1.29, 1.82) is 0 Å². The van der Waals surface area contributed by atoms with E-state index in [-0.39, 0.29) is 30.1 Å². The van der Waals surface area contributed by atoms with E-state index in [2.05, 4.69) is 5.32 Å². The van der Waals surface area contributed by atoms with Crippen molar-refractivity contribution in [3.05, 3.63) is 22.5 Å². The van der Waals surface area contributed by atoms with Crippen molar-refractivity contribution in [2.75, 3.05) is 0 Å². The van der Waals surface area contributed by atoms with Crippen LogP contribution in [0.3, 0.4) is 0 Å². The zero-order valence-electron chi connectivity index (χ0n) is 17.6. The molecule has 2 aliphatic carbocycles. The number of hydrogen-bond acceptors (Lipinski definition) is 5. The summed E-state index contributed by atoms with van der Waals surface area (Å²) in [7, 11) is 0. The number of nitrogens with one attached hydrogen (secondary N) is 1. The standard InChI is InChI=1S/C23H35NO4/c1-4-19-20(22(25)27-17-11-7-5-8-12-17)15(2)24-16(3)21(19)23(26)28-18-13-9-6-10-14-18/h17-19,24H,4-14H2,1-3H3. The second-order valence-electron chi connectivity index (χ2n) is 8.49. The van der Waals surface area contributed by atoms with Gasteiger partial charge in [-0.05, 0) is 71.6 Å². The summed E-state index contributed by atoms with van der Waals surface area (Å²) in [5.41, 5.74) is 2.77. The Morgan fingerprint density at radius 3 is 1.54 bits per heavy atom. The molecule has 156 valence electrons. The number of allylic oxidation sites excluding steroid dienone is 2. The first-order chi connectivity index (χ1) is 13.5. The van der Waals surface area contributed by atoms with Crippen LogP contribution < -0.4 is 5.32 Å². The van der Waals surface area contributed by atoms with Crippen molar-refractivity contribution in [2.45, 2.75) is 104 Å². The van der Waals surface area contributed by atoms with E-state index in [1.54, 1.807) is 0 Å². The van der Waals surface area contributed by atoms with Crippen LogP contribution in [0.15, 0.2) is 22.5 Å². The van der Waals surface area contributed by atoms with Gasteiger partial charge < -0.3 is 14.8 Å². The predicted molar refractivity (Wildman–Crippen MR) is 108 cm³/mol. The third-order valence-electron chi connectivity index (χ3n) is 6.38. The number of dihydropyridines is 1. The average Bonchev–Trinajstić information content (AvgIpc) is 2.68. The zero-order chi connectivity index (χ0) is 20.1. The maximum Gasteiger partial charge on any atom is 0.336 e. The summed E-state index contributed by atoms with van der Waals surface area (Å²) in [5.74, 6) is -0.827. The van der Waals surface area contributed by atoms with Gasteiger partial charge in [0.15, 0.2) is 0 Å². The van der Waals surface area contributed by atoms with Gasteiger partial charge in [0.1, 0.15) is 12.2 Å². The molecular weight excluding hydrogens is 354 g/mol. The van der Waals surface area contributed by atoms with Crippen molar-refractivity contribution < 1.29 is 19.1 Å². The lowest BCUT2D eigenvalue weighted by Crippen LogP contribution is -2.35. The number of ether oxygens (including phenoxy) is 2. The molecule has 1 N–H and O–H groups in total. The molecule has 0 saturated heterocycles. The molecular formula is C23H35NO4. The van der Waals surface area contributed by atoms with Gasteiger partial charge in [0, 0.05) is 17.3 Å². The van der Waals surface area contributed by atoms with E-state index in [1.165, 1.54) is 12.8 Å². The monoisotopic (exact) mass is 389 g/mol. The first-order valence-electron chi connectivity index (χ1n) is 11.1. The molecule has 0 atom stereocenters. The van der Waals surface area contributed by atoms with Crippen molar-refractivity contribution in [3.63, 3.8) is 0 Å². The first kappa shape index (κ1) is 20.9. The fourth-order valence-electron chi connectivity index (χ4n) is 4.88. The zero-order valence-corrected chi connectivity index (χ0v) is 17.6. The van der Waals surface area contributed by atoms with E-state index in [1.807, 2.05) is 20.8 Å². The lowest BCUT2D eigenvalue weighted by Gasteiger charge is -2.32. The number of esters is 2. The molecule has 0 bridgehead atoms. The highest BCUT2D eigenvalue weighted by Gasteiger charge is 2.37. The van der Waals surface area contributed by atoms with E-state index >= 15 is 0 Å². The molecule has 1 heterocycles. The second-order valence-corrected chi connectivity index (χ2v) is 8.49. The van der Waals surface area contributed by atoms with Gasteiger partial charge in [0.05, 0.1) is 11.1 Å². The van der Waals surface area contributed by atoms with Crippen LogP contribution in [0.25, 0.3) is 0 Å². The van der Waals surface area contributed by atoms with Gasteiger partial charge in [-0.1, -0.05) is 19.8 Å².